The molecular weight excluding hydrogens is 1540 g/mol. The normalized spacial score (nSPS) is 10.6. The van der Waals surface area contributed by atoms with E-state index in [1.807, 2.05) is 35.1 Å². The number of alkyl halides is 3. The largest absolute Gasteiger partial charge is 0.573 e. The summed E-state index contributed by atoms with van der Waals surface area (Å²) in [7, 11) is -0.873. The van der Waals surface area contributed by atoms with Gasteiger partial charge in [-0.3, -0.25) is 24.2 Å². The number of nitrogens with zero attached hydrogens (tertiary/aromatic N) is 6. The lowest BCUT2D eigenvalue weighted by Gasteiger charge is -2.45. The molecule has 2 aromatic carbocycles. The minimum absolute atomic E-state index is 0. The van der Waals surface area contributed by atoms with Crippen LogP contribution in [-0.2, 0) is 44.8 Å². The second-order valence-corrected chi connectivity index (χ2v) is 29.4. The fourth-order valence-corrected chi connectivity index (χ4v) is 14.6. The molecule has 0 spiro atoms. The van der Waals surface area contributed by atoms with Gasteiger partial charge in [0.15, 0.2) is 11.6 Å². The van der Waals surface area contributed by atoms with Crippen molar-refractivity contribution in [3.63, 3.8) is 0 Å². The van der Waals surface area contributed by atoms with Crippen LogP contribution in [0.5, 0.6) is 11.5 Å². The lowest BCUT2D eigenvalue weighted by molar-refractivity contribution is -0.274. The van der Waals surface area contributed by atoms with Crippen molar-refractivity contribution < 1.29 is 51.5 Å². The molecule has 0 radical (unpaired) electrons. The van der Waals surface area contributed by atoms with Gasteiger partial charge in [-0.25, -0.2) is 4.79 Å². The van der Waals surface area contributed by atoms with Crippen molar-refractivity contribution in [1.82, 2.24) is 24.9 Å². The van der Waals surface area contributed by atoms with Crippen LogP contribution in [0.25, 0.3) is 0 Å². The first-order chi connectivity index (χ1) is 56.3. The van der Waals surface area contributed by atoms with Gasteiger partial charge in [0.25, 0.3) is 11.8 Å². The number of hydrogen-bond acceptors (Lipinski definition) is 11. The number of aromatic nitrogens is 4. The number of benzene rings is 2. The number of fused-ring (bicyclic) bond motifs is 2. The number of nitrogens with two attached hydrogens (primary N) is 1. The van der Waals surface area contributed by atoms with Crippen molar-refractivity contribution in [1.29, 1.82) is 0 Å². The Kier molecular flexibility index (Phi) is 45.6. The van der Waals surface area contributed by atoms with E-state index in [4.69, 9.17) is 31.3 Å². The third kappa shape index (κ3) is 39.6. The van der Waals surface area contributed by atoms with Gasteiger partial charge in [-0.05, 0) is 174 Å². The predicted octanol–water partition coefficient (Wildman–Crippen LogP) is 9.05. The minimum Gasteiger partial charge on any atom is -0.497 e. The zero-order valence-electron chi connectivity index (χ0n) is 65.2. The van der Waals surface area contributed by atoms with Crippen LogP contribution in [-0.4, -0.2) is 82.2 Å². The Morgan fingerprint density at radius 1 is 0.504 bits per heavy atom. The summed E-state index contributed by atoms with van der Waals surface area (Å²) in [5.41, 5.74) is 8.85. The predicted molar refractivity (Wildman–Crippen MR) is 457 cm³/mol. The van der Waals surface area contributed by atoms with Crippen LogP contribution in [0, 0.1) is 320 Å². The Hall–Kier alpha value is -17.0. The summed E-state index contributed by atoms with van der Waals surface area (Å²) >= 11 is 0. The van der Waals surface area contributed by atoms with E-state index in [1.165, 1.54) is 34.0 Å². The maximum absolute atomic E-state index is 13.9. The third-order valence-corrected chi connectivity index (χ3v) is 19.8. The van der Waals surface area contributed by atoms with Crippen molar-refractivity contribution in [2.24, 2.45) is 5.73 Å². The van der Waals surface area contributed by atoms with Gasteiger partial charge in [-0.1, -0.05) is 79.2 Å². The summed E-state index contributed by atoms with van der Waals surface area (Å²) in [5, 5.41) is 23.2. The standard InChI is InChI=1S/C55H4.C28H44N4O5Si.C14H13F3N4O3.CH4.ClH/c1-3-5-7-9-11-13-15-17-19-21-23-25-27-29-31-33-35-37-39-41-43-45-47-49-51-53-55-54-52-50-48-46-44-42-40-38-36-34-32-30-28-26-24-22-20-18-16-14-12-10-8-6-4-2;1-18(2)38(19(3)4,20(5)6)37-32-25-22(15-24(26(32)33)29-27(34)36-28(7,8)9)17-31(30-25)16-21-11-13-23(35-10)14-12-21;15-14(16,17)24-10-3-1-8(2-4-10)6-20-7-9-5-11(18)13(22)21(23)12(9)19-20;;/h1H,2H3;11-14,17-20,24H,15-16H2,1-10H3,(H,29,34);1-4,7,11,23H,5-6,18H2;1H4;1H/t;24-;;;/m.0.../s1. The number of ether oxygens (including phenoxy) is 3. The molecule has 0 saturated heterocycles. The van der Waals surface area contributed by atoms with Gasteiger partial charge in [0.2, 0.25) is 8.32 Å². The Morgan fingerprint density at radius 3 is 1.08 bits per heavy atom. The molecule has 4 aromatic rings. The summed E-state index contributed by atoms with van der Waals surface area (Å²) in [4.78, 5) is 38.1. The van der Waals surface area contributed by atoms with Gasteiger partial charge in [-0.15, -0.1) is 32.0 Å². The molecular formula is C98H66ClF3N8O8Si. The van der Waals surface area contributed by atoms with E-state index in [0.29, 0.717) is 35.0 Å². The Balaban J connectivity index is 0.000000645. The topological polar surface area (TPSA) is 189 Å². The number of rotatable bonds is 12. The molecule has 2 atom stereocenters. The summed E-state index contributed by atoms with van der Waals surface area (Å²) in [6, 6.07) is 11.5. The van der Waals surface area contributed by atoms with Crippen LogP contribution in [0.15, 0.2) is 60.9 Å². The van der Waals surface area contributed by atoms with E-state index in [1.54, 1.807) is 41.0 Å². The maximum atomic E-state index is 13.9. The number of terminal acetylenes is 1. The smallest absolute Gasteiger partial charge is 0.497 e. The molecule has 578 valence electrons. The van der Waals surface area contributed by atoms with Crippen LogP contribution >= 0.6 is 12.4 Å². The fraction of sp³-hybridized carbons (Fsp3) is 0.235. The number of hydroxylamine groups is 2. The van der Waals surface area contributed by atoms with Crippen LogP contribution in [0.2, 0.25) is 16.6 Å². The fourth-order valence-electron chi connectivity index (χ4n) is 9.50. The summed E-state index contributed by atoms with van der Waals surface area (Å²) in [5.74, 6) is 132. The third-order valence-electron chi connectivity index (χ3n) is 13.9. The highest BCUT2D eigenvalue weighted by atomic mass is 35.5. The number of halogens is 4. The number of hydrogen-bond donors (Lipinski definition) is 3. The number of amides is 3. The lowest BCUT2D eigenvalue weighted by atomic mass is 10.0. The van der Waals surface area contributed by atoms with E-state index in [9.17, 15) is 32.8 Å². The maximum Gasteiger partial charge on any atom is 0.573 e. The van der Waals surface area contributed by atoms with Crippen LogP contribution in [0.1, 0.15) is 98.9 Å². The second kappa shape index (κ2) is 55.4. The molecule has 4 heterocycles. The Bertz CT molecular complexity index is 6370. The molecule has 119 heavy (non-hydrogen) atoms. The molecule has 0 bridgehead atoms. The average Bonchev–Trinajstić information content (AvgIpc) is 1.58. The van der Waals surface area contributed by atoms with Gasteiger partial charge in [0, 0.05) is 249 Å². The van der Waals surface area contributed by atoms with Crippen LogP contribution in [0.4, 0.5) is 29.6 Å². The molecule has 0 fully saturated rings. The summed E-state index contributed by atoms with van der Waals surface area (Å²) in [6.07, 6.45) is 3.68. The molecule has 2 aliphatic heterocycles. The quantitative estimate of drug-likeness (QED) is 0.0698. The summed E-state index contributed by atoms with van der Waals surface area (Å²) in [6.45, 7) is 20.8. The molecule has 21 heteroatoms. The number of anilines is 2. The van der Waals surface area contributed by atoms with E-state index < -0.39 is 44.4 Å². The first-order valence-electron chi connectivity index (χ1n) is 34.1. The number of carbonyl (C=O) groups excluding carboxylic acids is 3. The molecule has 2 aliphatic rings. The van der Waals surface area contributed by atoms with Crippen LogP contribution < -0.4 is 30.7 Å². The van der Waals surface area contributed by atoms with Crippen molar-refractivity contribution in [2.75, 3.05) is 17.2 Å². The van der Waals surface area contributed by atoms with E-state index in [2.05, 4.69) is 370 Å². The highest BCUT2D eigenvalue weighted by Gasteiger charge is 2.51. The highest BCUT2D eigenvalue weighted by Crippen LogP contribution is 2.44. The molecule has 0 aliphatic carbocycles. The van der Waals surface area contributed by atoms with Crippen molar-refractivity contribution in [3.05, 3.63) is 83.2 Å². The molecule has 16 nitrogen and oxygen atoms in total. The molecule has 2 aromatic heterocycles. The number of carbonyl (C=O) groups is 3. The van der Waals surface area contributed by atoms with E-state index >= 15 is 0 Å². The zero-order valence-corrected chi connectivity index (χ0v) is 67.0. The second-order valence-electron chi connectivity index (χ2n) is 24.1. The molecule has 4 N–H and O–H groups in total. The SMILES string of the molecule is C.C#CC#CC#CC#CC#CC#CC#CC#CC#CC#CC#CC#CC#CC#CC#CC#CC#CC#CC#CC#CC#CC#CC#CC#CC#CC#CC#CC.COc1ccc(Cn2cc3c(n2)N(O[Si](C(C)C)(C(C)C)C(C)C)C(=O)[C@@H](NC(=O)OC(C)(C)C)C3)cc1.Cl.NC1Cc2cn(Cc3ccc(OC(F)(F)F)cc3)nc2N(O)C1=O. The monoisotopic (exact) mass is 1600 g/mol. The number of nitrogens with one attached hydrogen (secondary N) is 1. The van der Waals surface area contributed by atoms with Gasteiger partial charge >= 0.3 is 12.5 Å². The Morgan fingerprint density at radius 2 is 0.798 bits per heavy atom. The average molecular weight is 1600 g/mol. The highest BCUT2D eigenvalue weighted by molar-refractivity contribution is 6.78. The van der Waals surface area contributed by atoms with E-state index in [0.717, 1.165) is 16.9 Å². The van der Waals surface area contributed by atoms with E-state index in [-0.39, 0.29) is 66.9 Å². The summed E-state index contributed by atoms with van der Waals surface area (Å²) < 4.78 is 61.0. The van der Waals surface area contributed by atoms with Gasteiger partial charge in [-0.2, -0.15) is 20.3 Å². The van der Waals surface area contributed by atoms with Crippen molar-refractivity contribution in [2.45, 2.75) is 143 Å². The van der Waals surface area contributed by atoms with Crippen molar-refractivity contribution in [3.8, 4) is 332 Å². The molecule has 6 rings (SSSR count). The first kappa shape index (κ1) is 98.0. The number of alkyl carbamates (subject to hydrolysis) is 1. The zero-order chi connectivity index (χ0) is 85.4. The molecule has 3 amide bonds. The molecule has 0 saturated carbocycles. The van der Waals surface area contributed by atoms with Gasteiger partial charge in [0.05, 0.1) is 26.2 Å². The first-order valence-corrected chi connectivity index (χ1v) is 36.2. The Labute approximate surface area is 703 Å². The number of methoxy groups -OCH3 is 1. The van der Waals surface area contributed by atoms with Crippen molar-refractivity contribution >= 4 is 50.3 Å². The molecule has 1 unspecified atom stereocenters. The minimum atomic E-state index is -4.74. The van der Waals surface area contributed by atoms with Gasteiger partial charge < -0.3 is 29.8 Å². The lowest BCUT2D eigenvalue weighted by Crippen LogP contribution is -2.59. The van der Waals surface area contributed by atoms with Gasteiger partial charge in [0.1, 0.15) is 23.1 Å². The van der Waals surface area contributed by atoms with Crippen LogP contribution in [0.3, 0.4) is 0 Å².